The van der Waals surface area contributed by atoms with Gasteiger partial charge >= 0.3 is 6.09 Å². The van der Waals surface area contributed by atoms with Crippen LogP contribution in [0, 0.1) is 20.8 Å². The molecule has 218 valence electrons. The van der Waals surface area contributed by atoms with Gasteiger partial charge in [-0.1, -0.05) is 48.5 Å². The van der Waals surface area contributed by atoms with Gasteiger partial charge in [-0.05, 0) is 94.5 Å². The number of phenolic OH excluding ortho intramolecular Hbond substituents is 1. The molecule has 0 aliphatic heterocycles. The zero-order valence-electron chi connectivity index (χ0n) is 24.9. The third kappa shape index (κ3) is 8.33. The van der Waals surface area contributed by atoms with E-state index in [1.807, 2.05) is 70.2 Å². The van der Waals surface area contributed by atoms with Gasteiger partial charge in [0.25, 0.3) is 5.91 Å². The Labute approximate surface area is 242 Å². The Morgan fingerprint density at radius 1 is 0.902 bits per heavy atom. The molecule has 0 saturated heterocycles. The molecule has 0 saturated carbocycles. The van der Waals surface area contributed by atoms with Crippen molar-refractivity contribution >= 4 is 23.6 Å². The number of hydrogen-bond donors (Lipinski definition) is 3. The first kappa shape index (κ1) is 31.2. The van der Waals surface area contributed by atoms with Crippen LogP contribution < -0.4 is 10.6 Å². The number of aryl methyl sites for hydroxylation is 2. The number of ether oxygens (including phenoxy) is 1. The number of hydrogen-bond acceptors (Lipinski definition) is 5. The van der Waals surface area contributed by atoms with E-state index in [0.717, 1.165) is 22.3 Å². The SMILES string of the molecule is CCN(C(=O)C(Cc1ccc(O)cc1)NC(=O)OC(C)(C)C)C(C(=O)Nc1ccccc1C)c1cccc(C)c1C. The van der Waals surface area contributed by atoms with Crippen molar-refractivity contribution in [2.75, 3.05) is 11.9 Å². The topological polar surface area (TPSA) is 108 Å². The Hall–Kier alpha value is -4.33. The van der Waals surface area contributed by atoms with E-state index in [2.05, 4.69) is 10.6 Å². The van der Waals surface area contributed by atoms with E-state index in [1.165, 1.54) is 17.0 Å². The highest BCUT2D eigenvalue weighted by Crippen LogP contribution is 2.29. The number of carbonyl (C=O) groups is 3. The molecule has 3 N–H and O–H groups in total. The van der Waals surface area contributed by atoms with Crippen LogP contribution in [-0.2, 0) is 20.7 Å². The van der Waals surface area contributed by atoms with Gasteiger partial charge in [0.1, 0.15) is 23.4 Å². The molecule has 3 aromatic carbocycles. The summed E-state index contributed by atoms with van der Waals surface area (Å²) in [5.41, 5.74) is 4.10. The van der Waals surface area contributed by atoms with Gasteiger partial charge in [0.05, 0.1) is 0 Å². The van der Waals surface area contributed by atoms with Gasteiger partial charge in [-0.2, -0.15) is 0 Å². The van der Waals surface area contributed by atoms with E-state index in [9.17, 15) is 19.5 Å². The second-order valence-electron chi connectivity index (χ2n) is 11.2. The average Bonchev–Trinajstić information content (AvgIpc) is 2.90. The molecule has 0 bridgehead atoms. The highest BCUT2D eigenvalue weighted by atomic mass is 16.6. The Morgan fingerprint density at radius 2 is 1.54 bits per heavy atom. The number of benzene rings is 3. The summed E-state index contributed by atoms with van der Waals surface area (Å²) in [6, 6.07) is 17.6. The summed E-state index contributed by atoms with van der Waals surface area (Å²) in [6.45, 7) is 13.1. The highest BCUT2D eigenvalue weighted by molar-refractivity contribution is 5.99. The minimum absolute atomic E-state index is 0.0924. The van der Waals surface area contributed by atoms with Crippen LogP contribution in [0.15, 0.2) is 66.7 Å². The lowest BCUT2D eigenvalue weighted by Gasteiger charge is -2.34. The number of nitrogens with one attached hydrogen (secondary N) is 2. The average molecular weight is 560 g/mol. The maximum Gasteiger partial charge on any atom is 0.408 e. The quantitative estimate of drug-likeness (QED) is 0.299. The third-order valence-electron chi connectivity index (χ3n) is 6.89. The Morgan fingerprint density at radius 3 is 2.15 bits per heavy atom. The lowest BCUT2D eigenvalue weighted by molar-refractivity contribution is -0.140. The number of amides is 3. The molecule has 0 radical (unpaired) electrons. The fourth-order valence-electron chi connectivity index (χ4n) is 4.62. The molecule has 2 unspecified atom stereocenters. The van der Waals surface area contributed by atoms with Gasteiger partial charge in [0.2, 0.25) is 5.91 Å². The fourth-order valence-corrected chi connectivity index (χ4v) is 4.62. The zero-order valence-corrected chi connectivity index (χ0v) is 24.9. The maximum absolute atomic E-state index is 14.3. The lowest BCUT2D eigenvalue weighted by atomic mass is 9.94. The highest BCUT2D eigenvalue weighted by Gasteiger charge is 2.36. The van der Waals surface area contributed by atoms with E-state index in [0.29, 0.717) is 11.3 Å². The van der Waals surface area contributed by atoms with Gasteiger partial charge in [0.15, 0.2) is 0 Å². The maximum atomic E-state index is 14.3. The van der Waals surface area contributed by atoms with Gasteiger partial charge < -0.3 is 25.4 Å². The normalized spacial score (nSPS) is 12.7. The molecule has 3 amide bonds. The summed E-state index contributed by atoms with van der Waals surface area (Å²) in [7, 11) is 0. The third-order valence-corrected chi connectivity index (χ3v) is 6.89. The van der Waals surface area contributed by atoms with E-state index in [4.69, 9.17) is 4.74 Å². The molecule has 0 heterocycles. The van der Waals surface area contributed by atoms with Crippen LogP contribution in [0.1, 0.15) is 61.6 Å². The number of likely N-dealkylation sites (N-methyl/N-ethyl adjacent to an activating group) is 1. The molecule has 3 aromatic rings. The first-order valence-corrected chi connectivity index (χ1v) is 13.8. The largest absolute Gasteiger partial charge is 0.508 e. The van der Waals surface area contributed by atoms with Crippen molar-refractivity contribution in [1.82, 2.24) is 10.2 Å². The molecule has 0 aromatic heterocycles. The number of carbonyl (C=O) groups excluding carboxylic acids is 3. The van der Waals surface area contributed by atoms with Crippen LogP contribution in [0.3, 0.4) is 0 Å². The summed E-state index contributed by atoms with van der Waals surface area (Å²) in [4.78, 5) is 42.7. The van der Waals surface area contributed by atoms with Gasteiger partial charge in [0, 0.05) is 18.7 Å². The predicted octanol–water partition coefficient (Wildman–Crippen LogP) is 5.98. The summed E-state index contributed by atoms with van der Waals surface area (Å²) in [5, 5.41) is 15.5. The van der Waals surface area contributed by atoms with Crippen LogP contribution >= 0.6 is 0 Å². The number of rotatable bonds is 9. The van der Waals surface area contributed by atoms with Crippen LogP contribution in [0.4, 0.5) is 10.5 Å². The first-order chi connectivity index (χ1) is 19.3. The molecule has 41 heavy (non-hydrogen) atoms. The number of alkyl carbamates (subject to hydrolysis) is 1. The summed E-state index contributed by atoms with van der Waals surface area (Å²) in [5.74, 6) is -0.698. The number of aromatic hydroxyl groups is 1. The monoisotopic (exact) mass is 559 g/mol. The zero-order chi connectivity index (χ0) is 30.3. The van der Waals surface area contributed by atoms with E-state index in [1.54, 1.807) is 32.9 Å². The number of nitrogens with zero attached hydrogens (tertiary/aromatic N) is 1. The molecule has 0 spiro atoms. The molecule has 8 nitrogen and oxygen atoms in total. The molecule has 0 aliphatic rings. The second kappa shape index (κ2) is 13.4. The van der Waals surface area contributed by atoms with Crippen molar-refractivity contribution in [2.45, 2.75) is 72.6 Å². The van der Waals surface area contributed by atoms with Crippen LogP contribution in [0.5, 0.6) is 5.75 Å². The van der Waals surface area contributed by atoms with Crippen molar-refractivity contribution in [3.63, 3.8) is 0 Å². The molecular formula is C33H41N3O5. The van der Waals surface area contributed by atoms with Crippen LogP contribution in [-0.4, -0.2) is 46.1 Å². The van der Waals surface area contributed by atoms with E-state index < -0.39 is 29.7 Å². The Balaban J connectivity index is 2.05. The van der Waals surface area contributed by atoms with Gasteiger partial charge in [-0.15, -0.1) is 0 Å². The van der Waals surface area contributed by atoms with Crippen molar-refractivity contribution < 1.29 is 24.2 Å². The van der Waals surface area contributed by atoms with Crippen molar-refractivity contribution in [3.8, 4) is 5.75 Å². The lowest BCUT2D eigenvalue weighted by Crippen LogP contribution is -2.53. The van der Waals surface area contributed by atoms with Crippen LogP contribution in [0.25, 0.3) is 0 Å². The molecule has 0 aliphatic carbocycles. The Kier molecular flexibility index (Phi) is 10.2. The summed E-state index contributed by atoms with van der Waals surface area (Å²) in [6.07, 6.45) is -0.605. The summed E-state index contributed by atoms with van der Waals surface area (Å²) >= 11 is 0. The van der Waals surface area contributed by atoms with Crippen molar-refractivity contribution in [1.29, 1.82) is 0 Å². The van der Waals surface area contributed by atoms with Gasteiger partial charge in [-0.3, -0.25) is 9.59 Å². The molecule has 0 fully saturated rings. The van der Waals surface area contributed by atoms with Crippen molar-refractivity contribution in [2.24, 2.45) is 0 Å². The minimum Gasteiger partial charge on any atom is -0.508 e. The molecule has 8 heteroatoms. The van der Waals surface area contributed by atoms with Gasteiger partial charge in [-0.25, -0.2) is 4.79 Å². The second-order valence-corrected chi connectivity index (χ2v) is 11.2. The molecule has 3 rings (SSSR count). The van der Waals surface area contributed by atoms with Crippen LogP contribution in [0.2, 0.25) is 0 Å². The number of anilines is 1. The Bertz CT molecular complexity index is 1380. The standard InChI is InChI=1S/C33H41N3O5/c1-8-36(31(39)28(35-32(40)41-33(5,6)7)20-24-16-18-25(37)19-17-24)29(26-14-11-13-21(2)23(26)4)30(38)34-27-15-10-9-12-22(27)3/h9-19,28-29,37H,8,20H2,1-7H3,(H,34,38)(H,35,40). The minimum atomic E-state index is -1.03. The molecular weight excluding hydrogens is 518 g/mol. The van der Waals surface area contributed by atoms with Crippen molar-refractivity contribution in [3.05, 3.63) is 94.5 Å². The predicted molar refractivity (Wildman–Crippen MR) is 161 cm³/mol. The fraction of sp³-hybridized carbons (Fsp3) is 0.364. The number of para-hydroxylation sites is 1. The van der Waals surface area contributed by atoms with E-state index >= 15 is 0 Å². The first-order valence-electron chi connectivity index (χ1n) is 13.8. The smallest absolute Gasteiger partial charge is 0.408 e. The number of phenols is 1. The van der Waals surface area contributed by atoms with E-state index in [-0.39, 0.29) is 24.6 Å². The summed E-state index contributed by atoms with van der Waals surface area (Å²) < 4.78 is 5.47. The molecule has 2 atom stereocenters.